The fourth-order valence-corrected chi connectivity index (χ4v) is 4.79. The molecular weight excluding hydrogens is 447 g/mol. The first-order chi connectivity index (χ1) is 16.7. The van der Waals surface area contributed by atoms with Crippen LogP contribution in [0.25, 0.3) is 0 Å². The number of nitrogens with zero attached hydrogens (tertiary/aromatic N) is 4. The Morgan fingerprint density at radius 1 is 0.912 bits per heavy atom. The third kappa shape index (κ3) is 4.94. The molecule has 5 nitrogen and oxygen atoms in total. The Labute approximate surface area is 202 Å². The number of hydrogen-bond donors (Lipinski definition) is 0. The van der Waals surface area contributed by atoms with E-state index in [1.54, 1.807) is 23.1 Å². The van der Waals surface area contributed by atoms with Crippen molar-refractivity contribution in [2.45, 2.75) is 6.54 Å². The van der Waals surface area contributed by atoms with Crippen LogP contribution in [0.5, 0.6) is 0 Å². The van der Waals surface area contributed by atoms with Gasteiger partial charge in [-0.25, -0.2) is 9.37 Å². The minimum Gasteiger partial charge on any atom is -0.368 e. The molecule has 0 saturated carbocycles. The monoisotopic (exact) mass is 472 g/mol. The second-order valence-electron chi connectivity index (χ2n) is 8.21. The molecule has 1 aliphatic rings. The van der Waals surface area contributed by atoms with Gasteiger partial charge in [0.1, 0.15) is 11.6 Å². The molecule has 2 aromatic heterocycles. The average Bonchev–Trinajstić information content (AvgIpc) is 3.44. The normalized spacial score (nSPS) is 13.7. The lowest BCUT2D eigenvalue weighted by Gasteiger charge is -2.36. The van der Waals surface area contributed by atoms with Crippen LogP contribution >= 0.6 is 11.3 Å². The molecule has 1 fully saturated rings. The van der Waals surface area contributed by atoms with E-state index in [2.05, 4.69) is 34.1 Å². The second kappa shape index (κ2) is 10.1. The van der Waals surface area contributed by atoms with Crippen molar-refractivity contribution in [1.29, 1.82) is 0 Å². The Morgan fingerprint density at radius 3 is 2.29 bits per heavy atom. The number of pyridine rings is 1. The first kappa shape index (κ1) is 22.1. The van der Waals surface area contributed by atoms with Gasteiger partial charge >= 0.3 is 0 Å². The molecule has 7 heteroatoms. The molecule has 5 rings (SSSR count). The van der Waals surface area contributed by atoms with Gasteiger partial charge in [0.05, 0.1) is 12.1 Å². The number of thiophene rings is 1. The van der Waals surface area contributed by atoms with Crippen LogP contribution in [0.1, 0.15) is 15.9 Å². The Balaban J connectivity index is 1.28. The maximum atomic E-state index is 13.5. The van der Waals surface area contributed by atoms with Crippen molar-refractivity contribution in [2.75, 3.05) is 40.9 Å². The van der Waals surface area contributed by atoms with E-state index in [9.17, 15) is 9.18 Å². The van der Waals surface area contributed by atoms with Gasteiger partial charge < -0.3 is 14.7 Å². The molecule has 3 heterocycles. The third-order valence-electron chi connectivity index (χ3n) is 6.03. The molecule has 0 atom stereocenters. The Hall–Kier alpha value is -3.71. The highest BCUT2D eigenvalue weighted by molar-refractivity contribution is 7.08. The van der Waals surface area contributed by atoms with Gasteiger partial charge in [-0.3, -0.25) is 4.79 Å². The van der Waals surface area contributed by atoms with Crippen LogP contribution in [0.3, 0.4) is 0 Å². The SMILES string of the molecule is O=C(c1ccsc1)N(Cc1ccc(N2CCN(c3ccccc3)CC2)nc1)c1ccc(F)cc1. The van der Waals surface area contributed by atoms with Crippen LogP contribution in [-0.2, 0) is 6.54 Å². The lowest BCUT2D eigenvalue weighted by Crippen LogP contribution is -2.46. The number of anilines is 3. The minimum atomic E-state index is -0.329. The van der Waals surface area contributed by atoms with Gasteiger partial charge in [0.25, 0.3) is 5.91 Å². The van der Waals surface area contributed by atoms with E-state index in [0.29, 0.717) is 17.8 Å². The highest BCUT2D eigenvalue weighted by Gasteiger charge is 2.21. The Bertz CT molecular complexity index is 1210. The molecule has 0 unspecified atom stereocenters. The summed E-state index contributed by atoms with van der Waals surface area (Å²) in [7, 11) is 0. The molecule has 4 aromatic rings. The van der Waals surface area contributed by atoms with E-state index in [1.807, 2.05) is 35.2 Å². The van der Waals surface area contributed by atoms with Crippen molar-refractivity contribution in [3.8, 4) is 0 Å². The number of amides is 1. The van der Waals surface area contributed by atoms with Crippen LogP contribution < -0.4 is 14.7 Å². The van der Waals surface area contributed by atoms with Gasteiger partial charge in [-0.05, 0) is 59.5 Å². The zero-order valence-corrected chi connectivity index (χ0v) is 19.5. The molecular formula is C27H25FN4OS. The summed E-state index contributed by atoms with van der Waals surface area (Å²) in [6.45, 7) is 4.05. The number of hydrogen-bond acceptors (Lipinski definition) is 5. The predicted molar refractivity (Wildman–Crippen MR) is 136 cm³/mol. The first-order valence-electron chi connectivity index (χ1n) is 11.3. The summed E-state index contributed by atoms with van der Waals surface area (Å²) < 4.78 is 13.5. The van der Waals surface area contributed by atoms with Gasteiger partial charge in [0, 0.05) is 49.1 Å². The van der Waals surface area contributed by atoms with Crippen molar-refractivity contribution in [2.24, 2.45) is 0 Å². The van der Waals surface area contributed by atoms with Crippen molar-refractivity contribution < 1.29 is 9.18 Å². The largest absolute Gasteiger partial charge is 0.368 e. The zero-order chi connectivity index (χ0) is 23.3. The molecule has 0 aliphatic carbocycles. The number of rotatable bonds is 6. The van der Waals surface area contributed by atoms with Crippen molar-refractivity contribution in [3.05, 3.63) is 107 Å². The maximum absolute atomic E-state index is 13.5. The highest BCUT2D eigenvalue weighted by atomic mass is 32.1. The summed E-state index contributed by atoms with van der Waals surface area (Å²) in [5.74, 6) is 0.494. The van der Waals surface area contributed by atoms with E-state index in [-0.39, 0.29) is 11.7 Å². The van der Waals surface area contributed by atoms with E-state index >= 15 is 0 Å². The van der Waals surface area contributed by atoms with Crippen molar-refractivity contribution >= 4 is 34.4 Å². The molecule has 2 aromatic carbocycles. The molecule has 1 aliphatic heterocycles. The van der Waals surface area contributed by atoms with E-state index in [1.165, 1.54) is 29.2 Å². The standard InChI is InChI=1S/C27H25FN4OS/c28-23-7-9-25(10-8-23)32(27(33)22-12-17-34-20-22)19-21-6-11-26(29-18-21)31-15-13-30(14-16-31)24-4-2-1-3-5-24/h1-12,17-18,20H,13-16,19H2. The second-order valence-corrected chi connectivity index (χ2v) is 8.99. The maximum Gasteiger partial charge on any atom is 0.259 e. The Kier molecular flexibility index (Phi) is 6.53. The third-order valence-corrected chi connectivity index (χ3v) is 6.71. The fourth-order valence-electron chi connectivity index (χ4n) is 4.16. The summed E-state index contributed by atoms with van der Waals surface area (Å²) in [6.07, 6.45) is 1.83. The van der Waals surface area contributed by atoms with Gasteiger partial charge in [0.2, 0.25) is 0 Å². The Morgan fingerprint density at radius 2 is 1.65 bits per heavy atom. The lowest BCUT2D eigenvalue weighted by molar-refractivity contribution is 0.0985. The molecule has 1 amide bonds. The summed E-state index contributed by atoms with van der Waals surface area (Å²) in [5.41, 5.74) is 3.44. The number of para-hydroxylation sites is 1. The van der Waals surface area contributed by atoms with Crippen molar-refractivity contribution in [3.63, 3.8) is 0 Å². The quantitative estimate of drug-likeness (QED) is 0.374. The summed E-state index contributed by atoms with van der Waals surface area (Å²) in [6, 6.07) is 22.3. The van der Waals surface area contributed by atoms with Gasteiger partial charge in [-0.1, -0.05) is 24.3 Å². The van der Waals surface area contributed by atoms with Crippen LogP contribution in [0.15, 0.2) is 89.8 Å². The van der Waals surface area contributed by atoms with Crippen LogP contribution in [-0.4, -0.2) is 37.1 Å². The molecule has 1 saturated heterocycles. The fraction of sp³-hybridized carbons (Fsp3) is 0.185. The first-order valence-corrected chi connectivity index (χ1v) is 12.2. The summed E-state index contributed by atoms with van der Waals surface area (Å²) in [4.78, 5) is 24.2. The predicted octanol–water partition coefficient (Wildman–Crippen LogP) is 5.46. The average molecular weight is 473 g/mol. The summed E-state index contributed by atoms with van der Waals surface area (Å²) in [5, 5.41) is 3.71. The number of aromatic nitrogens is 1. The highest BCUT2D eigenvalue weighted by Crippen LogP contribution is 2.23. The molecule has 172 valence electrons. The molecule has 0 bridgehead atoms. The van der Waals surface area contributed by atoms with E-state index in [0.717, 1.165) is 37.6 Å². The van der Waals surface area contributed by atoms with Crippen LogP contribution in [0, 0.1) is 5.82 Å². The van der Waals surface area contributed by atoms with E-state index < -0.39 is 0 Å². The number of benzene rings is 2. The summed E-state index contributed by atoms with van der Waals surface area (Å²) >= 11 is 1.48. The minimum absolute atomic E-state index is 0.117. The number of halogens is 1. The van der Waals surface area contributed by atoms with Crippen molar-refractivity contribution in [1.82, 2.24) is 4.98 Å². The number of carbonyl (C=O) groups excluding carboxylic acids is 1. The van der Waals surface area contributed by atoms with Gasteiger partial charge in [-0.15, -0.1) is 0 Å². The molecule has 34 heavy (non-hydrogen) atoms. The van der Waals surface area contributed by atoms with Crippen LogP contribution in [0.2, 0.25) is 0 Å². The number of piperazine rings is 1. The lowest BCUT2D eigenvalue weighted by atomic mass is 10.2. The number of carbonyl (C=O) groups is 1. The smallest absolute Gasteiger partial charge is 0.259 e. The van der Waals surface area contributed by atoms with E-state index in [4.69, 9.17) is 4.98 Å². The molecule has 0 radical (unpaired) electrons. The topological polar surface area (TPSA) is 39.7 Å². The molecule has 0 N–H and O–H groups in total. The van der Waals surface area contributed by atoms with Gasteiger partial charge in [0.15, 0.2) is 0 Å². The van der Waals surface area contributed by atoms with Gasteiger partial charge in [-0.2, -0.15) is 11.3 Å². The van der Waals surface area contributed by atoms with Crippen LogP contribution in [0.4, 0.5) is 21.6 Å². The molecule has 0 spiro atoms. The zero-order valence-electron chi connectivity index (χ0n) is 18.7.